The number of hydrogen-bond donors (Lipinski definition) is 1. The number of likely N-dealkylation sites (tertiary alicyclic amines) is 1. The molecule has 0 amide bonds. The molecule has 0 aliphatic carbocycles. The SMILES string of the molecule is CC(C)C1CCCN1C1CCCNCC1. The molecular formula is C13H26N2. The van der Waals surface area contributed by atoms with E-state index < -0.39 is 0 Å². The molecule has 0 spiro atoms. The van der Waals surface area contributed by atoms with Gasteiger partial charge in [-0.05, 0) is 57.7 Å². The van der Waals surface area contributed by atoms with Gasteiger partial charge < -0.3 is 5.32 Å². The first-order chi connectivity index (χ1) is 7.29. The van der Waals surface area contributed by atoms with Crippen molar-refractivity contribution in [2.45, 2.75) is 58.0 Å². The molecular weight excluding hydrogens is 184 g/mol. The topological polar surface area (TPSA) is 15.3 Å². The second-order valence-electron chi connectivity index (χ2n) is 5.53. The molecule has 2 heterocycles. The Balaban J connectivity index is 1.95. The molecule has 0 aromatic rings. The summed E-state index contributed by atoms with van der Waals surface area (Å²) in [5.41, 5.74) is 0. The van der Waals surface area contributed by atoms with Gasteiger partial charge in [0.2, 0.25) is 0 Å². The Morgan fingerprint density at radius 2 is 1.93 bits per heavy atom. The lowest BCUT2D eigenvalue weighted by Gasteiger charge is -2.34. The van der Waals surface area contributed by atoms with Crippen LogP contribution in [0, 0.1) is 5.92 Å². The van der Waals surface area contributed by atoms with Gasteiger partial charge in [0, 0.05) is 12.1 Å². The number of rotatable bonds is 2. The van der Waals surface area contributed by atoms with Crippen LogP contribution in [0.1, 0.15) is 46.0 Å². The van der Waals surface area contributed by atoms with Crippen LogP contribution in [0.3, 0.4) is 0 Å². The quantitative estimate of drug-likeness (QED) is 0.752. The third kappa shape index (κ3) is 2.73. The molecule has 0 aromatic heterocycles. The van der Waals surface area contributed by atoms with E-state index in [0.717, 1.165) is 18.0 Å². The molecule has 2 atom stereocenters. The summed E-state index contributed by atoms with van der Waals surface area (Å²) in [6.45, 7) is 8.59. The van der Waals surface area contributed by atoms with Crippen molar-refractivity contribution in [3.05, 3.63) is 0 Å². The van der Waals surface area contributed by atoms with Gasteiger partial charge in [0.25, 0.3) is 0 Å². The molecule has 0 saturated carbocycles. The monoisotopic (exact) mass is 210 g/mol. The molecule has 0 aromatic carbocycles. The number of nitrogens with zero attached hydrogens (tertiary/aromatic N) is 1. The molecule has 2 rings (SSSR count). The van der Waals surface area contributed by atoms with Crippen LogP contribution >= 0.6 is 0 Å². The van der Waals surface area contributed by atoms with Gasteiger partial charge >= 0.3 is 0 Å². The molecule has 2 nitrogen and oxygen atoms in total. The van der Waals surface area contributed by atoms with E-state index in [2.05, 4.69) is 24.1 Å². The largest absolute Gasteiger partial charge is 0.317 e. The summed E-state index contributed by atoms with van der Waals surface area (Å²) in [7, 11) is 0. The zero-order valence-electron chi connectivity index (χ0n) is 10.3. The number of hydrogen-bond acceptors (Lipinski definition) is 2. The van der Waals surface area contributed by atoms with E-state index in [1.165, 1.54) is 51.7 Å². The summed E-state index contributed by atoms with van der Waals surface area (Å²) in [5.74, 6) is 0.837. The average molecular weight is 210 g/mol. The van der Waals surface area contributed by atoms with Gasteiger partial charge in [-0.1, -0.05) is 13.8 Å². The maximum absolute atomic E-state index is 3.52. The lowest BCUT2D eigenvalue weighted by molar-refractivity contribution is 0.135. The normalized spacial score (nSPS) is 34.6. The molecule has 2 fully saturated rings. The Morgan fingerprint density at radius 1 is 1.07 bits per heavy atom. The highest BCUT2D eigenvalue weighted by Gasteiger charge is 2.32. The molecule has 15 heavy (non-hydrogen) atoms. The van der Waals surface area contributed by atoms with Crippen molar-refractivity contribution in [1.82, 2.24) is 10.2 Å². The number of nitrogens with one attached hydrogen (secondary N) is 1. The minimum Gasteiger partial charge on any atom is -0.317 e. The first-order valence-electron chi connectivity index (χ1n) is 6.75. The van der Waals surface area contributed by atoms with Crippen molar-refractivity contribution >= 4 is 0 Å². The molecule has 2 saturated heterocycles. The van der Waals surface area contributed by atoms with Gasteiger partial charge in [-0.25, -0.2) is 0 Å². The van der Waals surface area contributed by atoms with Crippen LogP contribution in [0.25, 0.3) is 0 Å². The molecule has 2 heteroatoms. The van der Waals surface area contributed by atoms with Gasteiger partial charge in [0.1, 0.15) is 0 Å². The third-order valence-electron chi connectivity index (χ3n) is 4.13. The lowest BCUT2D eigenvalue weighted by atomic mass is 9.99. The fourth-order valence-corrected chi connectivity index (χ4v) is 3.32. The van der Waals surface area contributed by atoms with Gasteiger partial charge in [-0.3, -0.25) is 4.90 Å². The zero-order valence-corrected chi connectivity index (χ0v) is 10.3. The maximum atomic E-state index is 3.52. The van der Waals surface area contributed by atoms with Crippen molar-refractivity contribution < 1.29 is 0 Å². The Hall–Kier alpha value is -0.0800. The van der Waals surface area contributed by atoms with E-state index in [4.69, 9.17) is 0 Å². The average Bonchev–Trinajstić information content (AvgIpc) is 2.55. The van der Waals surface area contributed by atoms with Gasteiger partial charge in [-0.2, -0.15) is 0 Å². The lowest BCUT2D eigenvalue weighted by Crippen LogP contribution is -2.42. The van der Waals surface area contributed by atoms with Crippen LogP contribution < -0.4 is 5.32 Å². The summed E-state index contributed by atoms with van der Waals surface area (Å²) < 4.78 is 0. The third-order valence-corrected chi connectivity index (χ3v) is 4.13. The smallest absolute Gasteiger partial charge is 0.0122 e. The minimum atomic E-state index is 0.837. The van der Waals surface area contributed by atoms with Gasteiger partial charge in [0.15, 0.2) is 0 Å². The Labute approximate surface area is 94.4 Å². The van der Waals surface area contributed by atoms with Gasteiger partial charge in [0.05, 0.1) is 0 Å². The highest BCUT2D eigenvalue weighted by Crippen LogP contribution is 2.28. The van der Waals surface area contributed by atoms with Crippen molar-refractivity contribution in [3.63, 3.8) is 0 Å². The second-order valence-corrected chi connectivity index (χ2v) is 5.53. The summed E-state index contributed by atoms with van der Waals surface area (Å²) in [6, 6.07) is 1.74. The van der Waals surface area contributed by atoms with Gasteiger partial charge in [-0.15, -0.1) is 0 Å². The summed E-state index contributed by atoms with van der Waals surface area (Å²) in [5, 5.41) is 3.52. The van der Waals surface area contributed by atoms with Crippen LogP contribution in [-0.4, -0.2) is 36.6 Å². The van der Waals surface area contributed by atoms with Crippen molar-refractivity contribution in [2.75, 3.05) is 19.6 Å². The molecule has 88 valence electrons. The van der Waals surface area contributed by atoms with E-state index in [1.807, 2.05) is 0 Å². The Kier molecular flexibility index (Phi) is 4.04. The first-order valence-corrected chi connectivity index (χ1v) is 6.75. The maximum Gasteiger partial charge on any atom is 0.0122 e. The Morgan fingerprint density at radius 3 is 2.73 bits per heavy atom. The first kappa shape index (κ1) is 11.4. The predicted molar refractivity (Wildman–Crippen MR) is 65.1 cm³/mol. The Bertz CT molecular complexity index is 183. The van der Waals surface area contributed by atoms with Crippen LogP contribution in [-0.2, 0) is 0 Å². The van der Waals surface area contributed by atoms with Crippen molar-refractivity contribution in [2.24, 2.45) is 5.92 Å². The van der Waals surface area contributed by atoms with Crippen LogP contribution in [0.15, 0.2) is 0 Å². The van der Waals surface area contributed by atoms with Crippen molar-refractivity contribution in [3.8, 4) is 0 Å². The predicted octanol–water partition coefficient (Wildman–Crippen LogP) is 2.25. The van der Waals surface area contributed by atoms with Crippen LogP contribution in [0.2, 0.25) is 0 Å². The zero-order chi connectivity index (χ0) is 10.7. The van der Waals surface area contributed by atoms with E-state index in [-0.39, 0.29) is 0 Å². The molecule has 0 radical (unpaired) electrons. The minimum absolute atomic E-state index is 0.837. The highest BCUT2D eigenvalue weighted by atomic mass is 15.2. The van der Waals surface area contributed by atoms with E-state index >= 15 is 0 Å². The van der Waals surface area contributed by atoms with Crippen molar-refractivity contribution in [1.29, 1.82) is 0 Å². The molecule has 2 aliphatic rings. The van der Waals surface area contributed by atoms with E-state index in [1.54, 1.807) is 0 Å². The fraction of sp³-hybridized carbons (Fsp3) is 1.00. The molecule has 1 N–H and O–H groups in total. The molecule has 2 unspecified atom stereocenters. The summed E-state index contributed by atoms with van der Waals surface area (Å²) >= 11 is 0. The highest BCUT2D eigenvalue weighted by molar-refractivity contribution is 4.87. The summed E-state index contributed by atoms with van der Waals surface area (Å²) in [4.78, 5) is 2.82. The molecule has 0 bridgehead atoms. The second kappa shape index (κ2) is 5.31. The molecule has 2 aliphatic heterocycles. The summed E-state index contributed by atoms with van der Waals surface area (Å²) in [6.07, 6.45) is 7.00. The standard InChI is InChI=1S/C13H26N2/c1-11(2)13-6-4-10-15(13)12-5-3-8-14-9-7-12/h11-14H,3-10H2,1-2H3. The van der Waals surface area contributed by atoms with Crippen LogP contribution in [0.4, 0.5) is 0 Å². The van der Waals surface area contributed by atoms with E-state index in [0.29, 0.717) is 0 Å². The van der Waals surface area contributed by atoms with Crippen LogP contribution in [0.5, 0.6) is 0 Å². The van der Waals surface area contributed by atoms with E-state index in [9.17, 15) is 0 Å². The fourth-order valence-electron chi connectivity index (χ4n) is 3.32.